The smallest absolute Gasteiger partial charge is 0.132 e. The molecule has 0 saturated heterocycles. The highest BCUT2D eigenvalue weighted by atomic mass is 14.9. The van der Waals surface area contributed by atoms with Crippen LogP contribution in [0.25, 0.3) is 0 Å². The summed E-state index contributed by atoms with van der Waals surface area (Å²) >= 11 is 0. The van der Waals surface area contributed by atoms with Crippen molar-refractivity contribution in [1.29, 1.82) is 0 Å². The van der Waals surface area contributed by atoms with Gasteiger partial charge in [-0.2, -0.15) is 0 Å². The second kappa shape index (κ2) is 2.19. The molecule has 1 unspecified atom stereocenters. The number of hydrogen-bond acceptors (Lipinski definition) is 3. The van der Waals surface area contributed by atoms with Crippen molar-refractivity contribution in [3.8, 4) is 0 Å². The second-order valence-electron chi connectivity index (χ2n) is 4.12. The quantitative estimate of drug-likeness (QED) is 0.683. The third-order valence-electron chi connectivity index (χ3n) is 2.52. The molecule has 1 aromatic heterocycles. The van der Waals surface area contributed by atoms with Crippen LogP contribution in [0.15, 0.2) is 12.4 Å². The Morgan fingerprint density at radius 3 is 2.33 bits per heavy atom. The van der Waals surface area contributed by atoms with Gasteiger partial charge in [-0.3, -0.25) is 0 Å². The van der Waals surface area contributed by atoms with Crippen LogP contribution < -0.4 is 5.73 Å². The molecule has 1 atom stereocenters. The molecule has 0 radical (unpaired) electrons. The van der Waals surface area contributed by atoms with Gasteiger partial charge < -0.3 is 5.73 Å². The summed E-state index contributed by atoms with van der Waals surface area (Å²) in [5.74, 6) is 1.48. The summed E-state index contributed by atoms with van der Waals surface area (Å²) in [5, 5.41) is 0. The minimum Gasteiger partial charge on any atom is -0.396 e. The highest BCUT2D eigenvalue weighted by Crippen LogP contribution is 2.57. The lowest BCUT2D eigenvalue weighted by Crippen LogP contribution is -1.98. The maximum absolute atomic E-state index is 5.49. The van der Waals surface area contributed by atoms with E-state index in [4.69, 9.17) is 5.73 Å². The first-order valence-corrected chi connectivity index (χ1v) is 4.17. The number of nitrogens with two attached hydrogens (primary N) is 1. The number of hydrogen-bond donors (Lipinski definition) is 1. The van der Waals surface area contributed by atoms with Crippen molar-refractivity contribution in [2.75, 3.05) is 5.73 Å². The van der Waals surface area contributed by atoms with Crippen LogP contribution in [0, 0.1) is 5.41 Å². The molecule has 0 aliphatic heterocycles. The minimum absolute atomic E-state index is 0.399. The normalized spacial score (nSPS) is 25.3. The molecular formula is C9H13N3. The monoisotopic (exact) mass is 163 g/mol. The molecule has 0 bridgehead atoms. The van der Waals surface area contributed by atoms with Crippen molar-refractivity contribution in [1.82, 2.24) is 9.97 Å². The molecule has 1 aromatic rings. The highest BCUT2D eigenvalue weighted by molar-refractivity contribution is 5.31. The largest absolute Gasteiger partial charge is 0.396 e. The topological polar surface area (TPSA) is 51.8 Å². The Balaban J connectivity index is 2.21. The molecule has 2 rings (SSSR count). The first-order chi connectivity index (χ1) is 5.59. The van der Waals surface area contributed by atoms with Crippen LogP contribution in [0.5, 0.6) is 0 Å². The first-order valence-electron chi connectivity index (χ1n) is 4.17. The maximum atomic E-state index is 5.49. The van der Waals surface area contributed by atoms with Crippen LogP contribution in [0.2, 0.25) is 0 Å². The molecule has 0 amide bonds. The summed E-state index contributed by atoms with van der Waals surface area (Å²) in [6.45, 7) is 4.47. The van der Waals surface area contributed by atoms with E-state index < -0.39 is 0 Å². The van der Waals surface area contributed by atoms with E-state index in [2.05, 4.69) is 23.8 Å². The van der Waals surface area contributed by atoms with Crippen molar-refractivity contribution in [2.24, 2.45) is 5.41 Å². The average Bonchev–Trinajstić information content (AvgIpc) is 2.61. The third-order valence-corrected chi connectivity index (χ3v) is 2.52. The van der Waals surface area contributed by atoms with E-state index in [1.165, 1.54) is 6.42 Å². The Hall–Kier alpha value is -1.12. The van der Waals surface area contributed by atoms with E-state index >= 15 is 0 Å². The zero-order valence-corrected chi connectivity index (χ0v) is 7.41. The van der Waals surface area contributed by atoms with E-state index in [-0.39, 0.29) is 0 Å². The van der Waals surface area contributed by atoms with Crippen molar-refractivity contribution >= 4 is 5.69 Å². The van der Waals surface area contributed by atoms with Gasteiger partial charge in [0.05, 0.1) is 18.1 Å². The standard InChI is InChI=1S/C9H13N3/c1-9(2)3-7(9)8-11-4-6(10)5-12-8/h4-5,7H,3,10H2,1-2H3. The number of nitrogens with zero attached hydrogens (tertiary/aromatic N) is 2. The third kappa shape index (κ3) is 1.15. The lowest BCUT2D eigenvalue weighted by Gasteiger charge is -2.01. The highest BCUT2D eigenvalue weighted by Gasteiger charge is 2.48. The fourth-order valence-electron chi connectivity index (χ4n) is 1.44. The van der Waals surface area contributed by atoms with Crippen molar-refractivity contribution < 1.29 is 0 Å². The lowest BCUT2D eigenvalue weighted by atomic mass is 10.1. The molecule has 1 saturated carbocycles. The van der Waals surface area contributed by atoms with Gasteiger partial charge >= 0.3 is 0 Å². The van der Waals surface area contributed by atoms with E-state index in [1.54, 1.807) is 12.4 Å². The summed E-state index contributed by atoms with van der Waals surface area (Å²) < 4.78 is 0. The Labute approximate surface area is 72.0 Å². The molecule has 12 heavy (non-hydrogen) atoms. The van der Waals surface area contributed by atoms with E-state index in [0.717, 1.165) is 5.82 Å². The molecule has 0 spiro atoms. The van der Waals surface area contributed by atoms with Crippen LogP contribution in [0.3, 0.4) is 0 Å². The van der Waals surface area contributed by atoms with Crippen LogP contribution in [0.4, 0.5) is 5.69 Å². The summed E-state index contributed by atoms with van der Waals surface area (Å²) in [6, 6.07) is 0. The first kappa shape index (κ1) is 7.53. The average molecular weight is 163 g/mol. The van der Waals surface area contributed by atoms with E-state index in [1.807, 2.05) is 0 Å². The summed E-state index contributed by atoms with van der Waals surface area (Å²) in [7, 11) is 0. The van der Waals surface area contributed by atoms with Crippen molar-refractivity contribution in [3.05, 3.63) is 18.2 Å². The fraction of sp³-hybridized carbons (Fsp3) is 0.556. The predicted octanol–water partition coefficient (Wildman–Crippen LogP) is 1.57. The van der Waals surface area contributed by atoms with Gasteiger partial charge in [0.15, 0.2) is 0 Å². The van der Waals surface area contributed by atoms with Crippen LogP contribution in [0.1, 0.15) is 32.0 Å². The van der Waals surface area contributed by atoms with Gasteiger partial charge in [0.1, 0.15) is 5.82 Å². The van der Waals surface area contributed by atoms with Gasteiger partial charge in [-0.25, -0.2) is 9.97 Å². The summed E-state index contributed by atoms with van der Waals surface area (Å²) in [4.78, 5) is 8.40. The zero-order chi connectivity index (χ0) is 8.77. The second-order valence-corrected chi connectivity index (χ2v) is 4.12. The van der Waals surface area contributed by atoms with Gasteiger partial charge in [-0.05, 0) is 11.8 Å². The van der Waals surface area contributed by atoms with E-state index in [0.29, 0.717) is 17.0 Å². The van der Waals surface area contributed by atoms with Gasteiger partial charge in [0, 0.05) is 5.92 Å². The van der Waals surface area contributed by atoms with E-state index in [9.17, 15) is 0 Å². The summed E-state index contributed by atoms with van der Waals surface area (Å²) in [6.07, 6.45) is 4.55. The molecule has 1 aliphatic rings. The SMILES string of the molecule is CC1(C)CC1c1ncc(N)cn1. The molecular weight excluding hydrogens is 150 g/mol. The van der Waals surface area contributed by atoms with Crippen molar-refractivity contribution in [2.45, 2.75) is 26.2 Å². The zero-order valence-electron chi connectivity index (χ0n) is 7.41. The van der Waals surface area contributed by atoms with Crippen LogP contribution in [-0.2, 0) is 0 Å². The van der Waals surface area contributed by atoms with Crippen LogP contribution >= 0.6 is 0 Å². The Bertz CT molecular complexity index is 289. The Morgan fingerprint density at radius 2 is 1.92 bits per heavy atom. The molecule has 1 aliphatic carbocycles. The minimum atomic E-state index is 0.399. The molecule has 3 nitrogen and oxygen atoms in total. The summed E-state index contributed by atoms with van der Waals surface area (Å²) in [5.41, 5.74) is 6.53. The lowest BCUT2D eigenvalue weighted by molar-refractivity contribution is 0.608. The van der Waals surface area contributed by atoms with Crippen molar-refractivity contribution in [3.63, 3.8) is 0 Å². The van der Waals surface area contributed by atoms with Gasteiger partial charge in [-0.15, -0.1) is 0 Å². The van der Waals surface area contributed by atoms with Crippen LogP contribution in [-0.4, -0.2) is 9.97 Å². The fourth-order valence-corrected chi connectivity index (χ4v) is 1.44. The maximum Gasteiger partial charge on any atom is 0.132 e. The number of rotatable bonds is 1. The van der Waals surface area contributed by atoms with Gasteiger partial charge in [0.25, 0.3) is 0 Å². The molecule has 64 valence electrons. The molecule has 1 fully saturated rings. The number of aromatic nitrogens is 2. The predicted molar refractivity (Wildman–Crippen MR) is 47.6 cm³/mol. The number of anilines is 1. The number of nitrogen functional groups attached to an aromatic ring is 1. The molecule has 3 heteroatoms. The molecule has 0 aromatic carbocycles. The molecule has 2 N–H and O–H groups in total. The van der Waals surface area contributed by atoms with Gasteiger partial charge in [0.2, 0.25) is 0 Å². The molecule has 1 heterocycles. The Kier molecular flexibility index (Phi) is 1.37. The van der Waals surface area contributed by atoms with Gasteiger partial charge in [-0.1, -0.05) is 13.8 Å². The Morgan fingerprint density at radius 1 is 1.42 bits per heavy atom.